The molecule has 0 unspecified atom stereocenters. The molecule has 0 spiro atoms. The Hall–Kier alpha value is -1.80. The predicted molar refractivity (Wildman–Crippen MR) is 110 cm³/mol. The number of aryl methyl sites for hydroxylation is 3. The molecule has 26 heavy (non-hydrogen) atoms. The average molecular weight is 352 g/mol. The molecule has 1 aliphatic heterocycles. The van der Waals surface area contributed by atoms with Gasteiger partial charge in [0, 0.05) is 0 Å². The number of benzene rings is 2. The van der Waals surface area contributed by atoms with Crippen molar-refractivity contribution in [3.05, 3.63) is 65.2 Å². The first-order valence-corrected chi connectivity index (χ1v) is 10.4. The van der Waals surface area contributed by atoms with E-state index in [4.69, 9.17) is 4.74 Å². The topological polar surface area (TPSA) is 12.5 Å². The van der Waals surface area contributed by atoms with Crippen molar-refractivity contribution < 1.29 is 4.74 Å². The van der Waals surface area contributed by atoms with Crippen LogP contribution in [0.3, 0.4) is 0 Å². The third-order valence-electron chi connectivity index (χ3n) is 5.46. The van der Waals surface area contributed by atoms with Gasteiger partial charge in [0.2, 0.25) is 0 Å². The summed E-state index contributed by atoms with van der Waals surface area (Å²) >= 11 is 0. The Balaban J connectivity index is 1.46. The zero-order valence-corrected chi connectivity index (χ0v) is 16.3. The normalized spacial score (nSPS) is 14.7. The molecule has 0 atom stereocenters. The highest BCUT2D eigenvalue weighted by atomic mass is 16.5. The summed E-state index contributed by atoms with van der Waals surface area (Å²) < 4.78 is 6.13. The molecule has 1 aliphatic rings. The van der Waals surface area contributed by atoms with E-state index in [0.29, 0.717) is 0 Å². The molecule has 1 fully saturated rings. The van der Waals surface area contributed by atoms with E-state index in [-0.39, 0.29) is 0 Å². The van der Waals surface area contributed by atoms with Crippen molar-refractivity contribution in [2.24, 2.45) is 0 Å². The second-order valence-electron chi connectivity index (χ2n) is 7.33. The fraction of sp³-hybridized carbons (Fsp3) is 0.500. The van der Waals surface area contributed by atoms with Gasteiger partial charge in [-0.15, -0.1) is 0 Å². The van der Waals surface area contributed by atoms with Gasteiger partial charge in [0.05, 0.1) is 6.61 Å². The van der Waals surface area contributed by atoms with E-state index in [1.807, 2.05) is 0 Å². The molecule has 2 aromatic carbocycles. The van der Waals surface area contributed by atoms with Crippen LogP contribution in [0.1, 0.15) is 49.3 Å². The second-order valence-corrected chi connectivity index (χ2v) is 7.33. The summed E-state index contributed by atoms with van der Waals surface area (Å²) in [6.07, 6.45) is 8.37. The number of nitrogens with zero attached hydrogens (tertiary/aromatic N) is 1. The summed E-state index contributed by atoms with van der Waals surface area (Å²) in [6, 6.07) is 17.4. The van der Waals surface area contributed by atoms with Gasteiger partial charge in [-0.2, -0.15) is 0 Å². The van der Waals surface area contributed by atoms with E-state index < -0.39 is 0 Å². The molecular weight excluding hydrogens is 318 g/mol. The van der Waals surface area contributed by atoms with E-state index in [9.17, 15) is 0 Å². The molecule has 0 saturated carbocycles. The highest BCUT2D eigenvalue weighted by molar-refractivity contribution is 5.35. The molecule has 1 saturated heterocycles. The van der Waals surface area contributed by atoms with Crippen LogP contribution in [0, 0.1) is 0 Å². The van der Waals surface area contributed by atoms with E-state index >= 15 is 0 Å². The van der Waals surface area contributed by atoms with E-state index in [2.05, 4.69) is 60.4 Å². The van der Waals surface area contributed by atoms with Crippen LogP contribution in [0.2, 0.25) is 0 Å². The van der Waals surface area contributed by atoms with Crippen molar-refractivity contribution >= 4 is 0 Å². The van der Waals surface area contributed by atoms with Gasteiger partial charge in [0.15, 0.2) is 0 Å². The summed E-state index contributed by atoms with van der Waals surface area (Å²) in [7, 11) is 0. The molecule has 0 amide bonds. The number of hydrogen-bond donors (Lipinski definition) is 0. The van der Waals surface area contributed by atoms with Crippen molar-refractivity contribution in [3.63, 3.8) is 0 Å². The first-order chi connectivity index (χ1) is 12.9. The lowest BCUT2D eigenvalue weighted by molar-refractivity contribution is 0.278. The molecular formula is C24H33NO. The Morgan fingerprint density at radius 1 is 0.808 bits per heavy atom. The van der Waals surface area contributed by atoms with Gasteiger partial charge in [-0.1, -0.05) is 49.4 Å². The maximum atomic E-state index is 6.13. The molecule has 2 nitrogen and oxygen atoms in total. The quantitative estimate of drug-likeness (QED) is 0.539. The smallest absolute Gasteiger partial charge is 0.122 e. The zero-order chi connectivity index (χ0) is 18.0. The van der Waals surface area contributed by atoms with Crippen LogP contribution < -0.4 is 4.74 Å². The van der Waals surface area contributed by atoms with Crippen LogP contribution in [0.4, 0.5) is 0 Å². The molecule has 2 aromatic rings. The lowest BCUT2D eigenvalue weighted by Gasteiger charge is -2.15. The van der Waals surface area contributed by atoms with Crippen LogP contribution >= 0.6 is 0 Å². The monoisotopic (exact) mass is 351 g/mol. The highest BCUT2D eigenvalue weighted by Gasteiger charge is 2.10. The van der Waals surface area contributed by atoms with E-state index in [1.165, 1.54) is 55.6 Å². The first-order valence-electron chi connectivity index (χ1n) is 10.4. The molecule has 0 radical (unpaired) electrons. The number of ether oxygens (including phenoxy) is 1. The molecule has 140 valence electrons. The van der Waals surface area contributed by atoms with Crippen LogP contribution in [-0.2, 0) is 19.3 Å². The van der Waals surface area contributed by atoms with Crippen molar-refractivity contribution in [1.29, 1.82) is 0 Å². The minimum Gasteiger partial charge on any atom is -0.493 e. The maximum absolute atomic E-state index is 6.13. The molecule has 2 heteroatoms. The Morgan fingerprint density at radius 2 is 1.46 bits per heavy atom. The first kappa shape index (κ1) is 19.0. The van der Waals surface area contributed by atoms with Crippen LogP contribution in [0.5, 0.6) is 5.75 Å². The van der Waals surface area contributed by atoms with Gasteiger partial charge < -0.3 is 9.64 Å². The molecule has 0 N–H and O–H groups in total. The lowest BCUT2D eigenvalue weighted by Crippen LogP contribution is -2.20. The number of para-hydroxylation sites is 1. The molecule has 0 aromatic heterocycles. The van der Waals surface area contributed by atoms with Gasteiger partial charge in [-0.3, -0.25) is 0 Å². The number of likely N-dealkylation sites (tertiary alicyclic amines) is 1. The van der Waals surface area contributed by atoms with Gasteiger partial charge in [-0.25, -0.2) is 0 Å². The fourth-order valence-corrected chi connectivity index (χ4v) is 3.89. The van der Waals surface area contributed by atoms with Crippen molar-refractivity contribution in [2.75, 3.05) is 26.2 Å². The number of rotatable bonds is 10. The molecule has 0 bridgehead atoms. The molecule has 0 aliphatic carbocycles. The minimum atomic E-state index is 0.830. The van der Waals surface area contributed by atoms with Gasteiger partial charge in [0.25, 0.3) is 0 Å². The van der Waals surface area contributed by atoms with Crippen LogP contribution in [0.25, 0.3) is 0 Å². The van der Waals surface area contributed by atoms with Crippen molar-refractivity contribution in [3.8, 4) is 5.75 Å². The largest absolute Gasteiger partial charge is 0.493 e. The number of hydrogen-bond acceptors (Lipinski definition) is 2. The zero-order valence-electron chi connectivity index (χ0n) is 16.3. The Bertz CT molecular complexity index is 661. The third-order valence-corrected chi connectivity index (χ3v) is 5.46. The summed E-state index contributed by atoms with van der Waals surface area (Å²) in [5, 5.41) is 0. The Kier molecular flexibility index (Phi) is 7.57. The van der Waals surface area contributed by atoms with Crippen molar-refractivity contribution in [2.45, 2.75) is 51.9 Å². The summed E-state index contributed by atoms with van der Waals surface area (Å²) in [6.45, 7) is 6.89. The van der Waals surface area contributed by atoms with Crippen LogP contribution in [0.15, 0.2) is 48.5 Å². The molecule has 3 rings (SSSR count). The van der Waals surface area contributed by atoms with E-state index in [0.717, 1.165) is 38.0 Å². The average Bonchev–Trinajstić information content (AvgIpc) is 3.20. The molecule has 1 heterocycles. The van der Waals surface area contributed by atoms with E-state index in [1.54, 1.807) is 0 Å². The summed E-state index contributed by atoms with van der Waals surface area (Å²) in [4.78, 5) is 2.58. The fourth-order valence-electron chi connectivity index (χ4n) is 3.89. The lowest BCUT2D eigenvalue weighted by atomic mass is 9.98. The second kappa shape index (κ2) is 10.4. The standard InChI is InChI=1S/C24H33NO/c1-2-21-11-3-4-12-22(21)15-16-23-13-5-6-14-24(23)26-20-10-9-19-25-17-7-8-18-25/h3-6,11-14H,2,7-10,15-20H2,1H3. The van der Waals surface area contributed by atoms with Gasteiger partial charge in [-0.05, 0) is 87.3 Å². The summed E-state index contributed by atoms with van der Waals surface area (Å²) in [5.41, 5.74) is 4.26. The maximum Gasteiger partial charge on any atom is 0.122 e. The Labute approximate surface area is 159 Å². The highest BCUT2D eigenvalue weighted by Crippen LogP contribution is 2.21. The summed E-state index contributed by atoms with van der Waals surface area (Å²) in [5.74, 6) is 1.07. The third kappa shape index (κ3) is 5.60. The minimum absolute atomic E-state index is 0.830. The van der Waals surface area contributed by atoms with Gasteiger partial charge >= 0.3 is 0 Å². The number of unbranched alkanes of at least 4 members (excludes halogenated alkanes) is 1. The predicted octanol–water partition coefficient (Wildman–Crippen LogP) is 5.29. The van der Waals surface area contributed by atoms with Gasteiger partial charge in [0.1, 0.15) is 5.75 Å². The van der Waals surface area contributed by atoms with Crippen LogP contribution in [-0.4, -0.2) is 31.1 Å². The SMILES string of the molecule is CCc1ccccc1CCc1ccccc1OCCCCN1CCCC1. The Morgan fingerprint density at radius 3 is 2.23 bits per heavy atom. The van der Waals surface area contributed by atoms with Crippen molar-refractivity contribution in [1.82, 2.24) is 4.90 Å².